The summed E-state index contributed by atoms with van der Waals surface area (Å²) in [6, 6.07) is 5.68. The molecule has 82 valence electrons. The standard InChI is InChI=1S/C11H12N4O/c12-6-8-2-1-5-13-11(8)15-9-3-4-10(16)14-7-9/h1-2,5,9H,3-4,7H2,(H,13,15)(H,14,16). The molecule has 1 aromatic heterocycles. The van der Waals surface area contributed by atoms with Gasteiger partial charge in [0.05, 0.1) is 5.56 Å². The van der Waals surface area contributed by atoms with Crippen molar-refractivity contribution in [1.82, 2.24) is 10.3 Å². The Morgan fingerprint density at radius 2 is 2.50 bits per heavy atom. The molecule has 1 aliphatic rings. The Balaban J connectivity index is 2.04. The van der Waals surface area contributed by atoms with Crippen LogP contribution in [0.25, 0.3) is 0 Å². The van der Waals surface area contributed by atoms with E-state index in [-0.39, 0.29) is 11.9 Å². The van der Waals surface area contributed by atoms with Gasteiger partial charge in [0.1, 0.15) is 11.9 Å². The Morgan fingerprint density at radius 3 is 3.19 bits per heavy atom. The zero-order chi connectivity index (χ0) is 11.4. The molecule has 1 atom stereocenters. The summed E-state index contributed by atoms with van der Waals surface area (Å²) in [6.07, 6.45) is 2.93. The van der Waals surface area contributed by atoms with E-state index in [1.807, 2.05) is 0 Å². The summed E-state index contributed by atoms with van der Waals surface area (Å²) < 4.78 is 0. The fourth-order valence-electron chi connectivity index (χ4n) is 1.66. The number of amides is 1. The molecule has 0 bridgehead atoms. The maximum absolute atomic E-state index is 11.0. The van der Waals surface area contributed by atoms with Gasteiger partial charge in [-0.15, -0.1) is 0 Å². The summed E-state index contributed by atoms with van der Waals surface area (Å²) in [7, 11) is 0. The summed E-state index contributed by atoms with van der Waals surface area (Å²) in [4.78, 5) is 15.1. The van der Waals surface area contributed by atoms with Gasteiger partial charge in [-0.1, -0.05) is 0 Å². The molecule has 0 saturated carbocycles. The minimum absolute atomic E-state index is 0.0829. The van der Waals surface area contributed by atoms with Crippen LogP contribution in [0, 0.1) is 11.3 Å². The Kier molecular flexibility index (Phi) is 3.01. The van der Waals surface area contributed by atoms with E-state index in [9.17, 15) is 4.79 Å². The van der Waals surface area contributed by atoms with Crippen LogP contribution in [0.4, 0.5) is 5.82 Å². The van der Waals surface area contributed by atoms with Crippen LogP contribution in [0.3, 0.4) is 0 Å². The Hall–Kier alpha value is -2.09. The Morgan fingerprint density at radius 1 is 1.62 bits per heavy atom. The molecule has 5 nitrogen and oxygen atoms in total. The van der Waals surface area contributed by atoms with Crippen LogP contribution in [-0.4, -0.2) is 23.5 Å². The van der Waals surface area contributed by atoms with Crippen molar-refractivity contribution in [3.8, 4) is 6.07 Å². The third-order valence-electron chi connectivity index (χ3n) is 2.53. The first-order valence-corrected chi connectivity index (χ1v) is 5.18. The average Bonchev–Trinajstić information content (AvgIpc) is 2.33. The van der Waals surface area contributed by atoms with Crippen molar-refractivity contribution in [2.24, 2.45) is 0 Å². The average molecular weight is 216 g/mol. The first kappa shape index (κ1) is 10.4. The maximum atomic E-state index is 11.0. The molecule has 1 unspecified atom stereocenters. The van der Waals surface area contributed by atoms with Crippen molar-refractivity contribution in [1.29, 1.82) is 5.26 Å². The SMILES string of the molecule is N#Cc1cccnc1NC1CCC(=O)NC1. The summed E-state index contributed by atoms with van der Waals surface area (Å²) in [5, 5.41) is 14.8. The Bertz CT molecular complexity index is 428. The predicted octanol–water partition coefficient (Wildman–Crippen LogP) is 0.644. The number of piperidine rings is 1. The van der Waals surface area contributed by atoms with E-state index in [0.717, 1.165) is 6.42 Å². The molecule has 0 aromatic carbocycles. The zero-order valence-electron chi connectivity index (χ0n) is 8.73. The fourth-order valence-corrected chi connectivity index (χ4v) is 1.66. The molecule has 2 rings (SSSR count). The molecule has 1 aromatic rings. The largest absolute Gasteiger partial charge is 0.364 e. The van der Waals surface area contributed by atoms with Gasteiger partial charge in [-0.25, -0.2) is 4.98 Å². The van der Waals surface area contributed by atoms with Gasteiger partial charge in [0.2, 0.25) is 5.91 Å². The van der Waals surface area contributed by atoms with Crippen LogP contribution in [0.2, 0.25) is 0 Å². The lowest BCUT2D eigenvalue weighted by atomic mass is 10.1. The second-order valence-corrected chi connectivity index (χ2v) is 3.70. The van der Waals surface area contributed by atoms with Crippen LogP contribution in [0.1, 0.15) is 18.4 Å². The van der Waals surface area contributed by atoms with Crippen LogP contribution in [-0.2, 0) is 4.79 Å². The van der Waals surface area contributed by atoms with Gasteiger partial charge in [0, 0.05) is 25.2 Å². The minimum atomic E-state index is 0.0829. The normalized spacial score (nSPS) is 19.7. The molecule has 0 spiro atoms. The molecule has 0 radical (unpaired) electrons. The van der Waals surface area contributed by atoms with Gasteiger partial charge in [-0.05, 0) is 18.6 Å². The molecule has 1 amide bonds. The lowest BCUT2D eigenvalue weighted by Gasteiger charge is -2.24. The number of nitriles is 1. The number of aromatic nitrogens is 1. The van der Waals surface area contributed by atoms with E-state index in [0.29, 0.717) is 24.3 Å². The number of carbonyl (C=O) groups is 1. The first-order chi connectivity index (χ1) is 7.79. The molecule has 0 aliphatic carbocycles. The molecule has 2 N–H and O–H groups in total. The fraction of sp³-hybridized carbons (Fsp3) is 0.364. The third-order valence-corrected chi connectivity index (χ3v) is 2.53. The van der Waals surface area contributed by atoms with Crippen LogP contribution < -0.4 is 10.6 Å². The molecular formula is C11H12N4O. The van der Waals surface area contributed by atoms with Crippen LogP contribution >= 0.6 is 0 Å². The zero-order valence-corrected chi connectivity index (χ0v) is 8.73. The highest BCUT2D eigenvalue weighted by molar-refractivity contribution is 5.77. The van der Waals surface area contributed by atoms with Crippen LogP contribution in [0.5, 0.6) is 0 Å². The molecule has 1 saturated heterocycles. The number of hydrogen-bond donors (Lipinski definition) is 2. The highest BCUT2D eigenvalue weighted by Crippen LogP contribution is 2.14. The summed E-state index contributed by atoms with van der Waals surface area (Å²) >= 11 is 0. The van der Waals surface area contributed by atoms with Crippen molar-refractivity contribution in [3.63, 3.8) is 0 Å². The van der Waals surface area contributed by atoms with E-state index in [1.165, 1.54) is 0 Å². The maximum Gasteiger partial charge on any atom is 0.220 e. The second kappa shape index (κ2) is 4.62. The quantitative estimate of drug-likeness (QED) is 0.760. The van der Waals surface area contributed by atoms with E-state index in [2.05, 4.69) is 21.7 Å². The molecular weight excluding hydrogens is 204 g/mol. The number of pyridine rings is 1. The smallest absolute Gasteiger partial charge is 0.220 e. The highest BCUT2D eigenvalue weighted by atomic mass is 16.1. The molecule has 1 fully saturated rings. The van der Waals surface area contributed by atoms with Gasteiger partial charge in [-0.3, -0.25) is 4.79 Å². The summed E-state index contributed by atoms with van der Waals surface area (Å²) in [5.74, 6) is 0.672. The Labute approximate surface area is 93.5 Å². The van der Waals surface area contributed by atoms with Crippen molar-refractivity contribution < 1.29 is 4.79 Å². The number of nitrogens with one attached hydrogen (secondary N) is 2. The summed E-state index contributed by atoms with van der Waals surface area (Å²) in [6.45, 7) is 0.584. The molecule has 2 heterocycles. The van der Waals surface area contributed by atoms with Gasteiger partial charge in [0.15, 0.2) is 0 Å². The molecule has 1 aliphatic heterocycles. The van der Waals surface area contributed by atoms with Gasteiger partial charge in [-0.2, -0.15) is 5.26 Å². The van der Waals surface area contributed by atoms with Crippen molar-refractivity contribution in [2.45, 2.75) is 18.9 Å². The first-order valence-electron chi connectivity index (χ1n) is 5.18. The van der Waals surface area contributed by atoms with E-state index in [4.69, 9.17) is 5.26 Å². The van der Waals surface area contributed by atoms with Gasteiger partial charge < -0.3 is 10.6 Å². The number of carbonyl (C=O) groups excluding carboxylic acids is 1. The number of anilines is 1. The second-order valence-electron chi connectivity index (χ2n) is 3.70. The third kappa shape index (κ3) is 2.28. The molecule has 16 heavy (non-hydrogen) atoms. The van der Waals surface area contributed by atoms with Crippen LogP contribution in [0.15, 0.2) is 18.3 Å². The highest BCUT2D eigenvalue weighted by Gasteiger charge is 2.18. The minimum Gasteiger partial charge on any atom is -0.364 e. The number of rotatable bonds is 2. The van der Waals surface area contributed by atoms with Crippen molar-refractivity contribution in [3.05, 3.63) is 23.9 Å². The lowest BCUT2D eigenvalue weighted by molar-refractivity contribution is -0.122. The van der Waals surface area contributed by atoms with Gasteiger partial charge >= 0.3 is 0 Å². The summed E-state index contributed by atoms with van der Waals surface area (Å²) in [5.41, 5.74) is 0.527. The monoisotopic (exact) mass is 216 g/mol. The number of hydrogen-bond acceptors (Lipinski definition) is 4. The van der Waals surface area contributed by atoms with Gasteiger partial charge in [0.25, 0.3) is 0 Å². The van der Waals surface area contributed by atoms with E-state index >= 15 is 0 Å². The van der Waals surface area contributed by atoms with E-state index in [1.54, 1.807) is 18.3 Å². The van der Waals surface area contributed by atoms with E-state index < -0.39 is 0 Å². The van der Waals surface area contributed by atoms with Crippen molar-refractivity contribution in [2.75, 3.05) is 11.9 Å². The number of nitrogens with zero attached hydrogens (tertiary/aromatic N) is 2. The van der Waals surface area contributed by atoms with Crippen molar-refractivity contribution >= 4 is 11.7 Å². The topological polar surface area (TPSA) is 77.8 Å². The predicted molar refractivity (Wildman–Crippen MR) is 58.6 cm³/mol. The lowest BCUT2D eigenvalue weighted by Crippen LogP contribution is -2.42. The molecule has 5 heteroatoms.